The summed E-state index contributed by atoms with van der Waals surface area (Å²) in [7, 11) is 1.61. The lowest BCUT2D eigenvalue weighted by molar-refractivity contribution is -0.386. The fourth-order valence-corrected chi connectivity index (χ4v) is 2.08. The van der Waals surface area contributed by atoms with Crippen LogP contribution in [0.5, 0.6) is 0 Å². The standard InChI is InChI=1S/C11H13FN2O3/c1-17-8-5-6-13(7-8)10-4-2-3-9(12)11(10)14(15)16/h2-4,8H,5-7H2,1H3. The molecule has 1 aromatic rings. The summed E-state index contributed by atoms with van der Waals surface area (Å²) in [5, 5.41) is 10.9. The van der Waals surface area contributed by atoms with Gasteiger partial charge < -0.3 is 9.64 Å². The molecule has 92 valence electrons. The van der Waals surface area contributed by atoms with Crippen LogP contribution in [-0.4, -0.2) is 31.2 Å². The van der Waals surface area contributed by atoms with Crippen molar-refractivity contribution in [3.63, 3.8) is 0 Å². The highest BCUT2D eigenvalue weighted by molar-refractivity contribution is 5.64. The molecular formula is C11H13FN2O3. The lowest BCUT2D eigenvalue weighted by Gasteiger charge is -2.18. The molecule has 1 fully saturated rings. The molecule has 0 saturated carbocycles. The second kappa shape index (κ2) is 4.67. The van der Waals surface area contributed by atoms with Gasteiger partial charge in [-0.2, -0.15) is 4.39 Å². The molecule has 5 nitrogen and oxygen atoms in total. The Kier molecular flexibility index (Phi) is 3.23. The molecule has 1 unspecified atom stereocenters. The Hall–Kier alpha value is -1.69. The lowest BCUT2D eigenvalue weighted by atomic mass is 10.2. The first-order chi connectivity index (χ1) is 8.13. The highest BCUT2D eigenvalue weighted by atomic mass is 19.1. The zero-order valence-electron chi connectivity index (χ0n) is 9.43. The van der Waals surface area contributed by atoms with E-state index < -0.39 is 16.4 Å². The number of ether oxygens (including phenoxy) is 1. The molecule has 0 N–H and O–H groups in total. The van der Waals surface area contributed by atoms with E-state index in [1.165, 1.54) is 6.07 Å². The number of methoxy groups -OCH3 is 1. The quantitative estimate of drug-likeness (QED) is 0.598. The van der Waals surface area contributed by atoms with Gasteiger partial charge in [-0.1, -0.05) is 6.07 Å². The number of benzene rings is 1. The minimum absolute atomic E-state index is 0.0536. The van der Waals surface area contributed by atoms with Gasteiger partial charge in [-0.15, -0.1) is 0 Å². The number of rotatable bonds is 3. The topological polar surface area (TPSA) is 55.6 Å². The molecule has 0 aliphatic carbocycles. The molecule has 17 heavy (non-hydrogen) atoms. The minimum atomic E-state index is -0.798. The Bertz CT molecular complexity index is 439. The van der Waals surface area contributed by atoms with Crippen LogP contribution in [-0.2, 0) is 4.74 Å². The van der Waals surface area contributed by atoms with Crippen LogP contribution < -0.4 is 4.90 Å². The molecule has 1 aliphatic heterocycles. The molecule has 0 amide bonds. The summed E-state index contributed by atoms with van der Waals surface area (Å²) in [6.45, 7) is 1.20. The third-order valence-corrected chi connectivity index (χ3v) is 2.97. The molecule has 1 saturated heterocycles. The van der Waals surface area contributed by atoms with Crippen molar-refractivity contribution >= 4 is 11.4 Å². The first-order valence-corrected chi connectivity index (χ1v) is 5.34. The molecular weight excluding hydrogens is 227 g/mol. The number of hydrogen-bond donors (Lipinski definition) is 0. The highest BCUT2D eigenvalue weighted by Crippen LogP contribution is 2.33. The Morgan fingerprint density at radius 1 is 1.59 bits per heavy atom. The van der Waals surface area contributed by atoms with Crippen molar-refractivity contribution in [2.24, 2.45) is 0 Å². The molecule has 1 aliphatic rings. The summed E-state index contributed by atoms with van der Waals surface area (Å²) in [5.74, 6) is -0.798. The first-order valence-electron chi connectivity index (χ1n) is 5.34. The van der Waals surface area contributed by atoms with Gasteiger partial charge in [-0.3, -0.25) is 10.1 Å². The van der Waals surface area contributed by atoms with E-state index in [1.807, 2.05) is 0 Å². The lowest BCUT2D eigenvalue weighted by Crippen LogP contribution is -2.23. The van der Waals surface area contributed by atoms with Gasteiger partial charge in [0.25, 0.3) is 0 Å². The summed E-state index contributed by atoms with van der Waals surface area (Å²) < 4.78 is 18.6. The summed E-state index contributed by atoms with van der Waals surface area (Å²) in [5.41, 5.74) is -0.126. The van der Waals surface area contributed by atoms with E-state index in [0.717, 1.165) is 12.5 Å². The molecule has 0 radical (unpaired) electrons. The Labute approximate surface area is 97.9 Å². The van der Waals surface area contributed by atoms with Gasteiger partial charge in [0.2, 0.25) is 5.82 Å². The van der Waals surface area contributed by atoms with E-state index in [4.69, 9.17) is 4.74 Å². The van der Waals surface area contributed by atoms with Gasteiger partial charge >= 0.3 is 5.69 Å². The van der Waals surface area contributed by atoms with E-state index in [2.05, 4.69) is 0 Å². The Balaban J connectivity index is 2.33. The number of nitrogens with zero attached hydrogens (tertiary/aromatic N) is 2. The van der Waals surface area contributed by atoms with Crippen LogP contribution in [0, 0.1) is 15.9 Å². The minimum Gasteiger partial charge on any atom is -0.380 e. The average Bonchev–Trinajstić information content (AvgIpc) is 2.76. The second-order valence-corrected chi connectivity index (χ2v) is 3.96. The summed E-state index contributed by atoms with van der Waals surface area (Å²) in [4.78, 5) is 12.0. The number of nitro groups is 1. The Morgan fingerprint density at radius 3 is 2.94 bits per heavy atom. The third-order valence-electron chi connectivity index (χ3n) is 2.97. The van der Waals surface area contributed by atoms with E-state index >= 15 is 0 Å². The van der Waals surface area contributed by atoms with Crippen molar-refractivity contribution in [1.29, 1.82) is 0 Å². The normalized spacial score (nSPS) is 19.6. The smallest absolute Gasteiger partial charge is 0.327 e. The number of hydrogen-bond acceptors (Lipinski definition) is 4. The van der Waals surface area contributed by atoms with Crippen LogP contribution in [0.25, 0.3) is 0 Å². The largest absolute Gasteiger partial charge is 0.380 e. The van der Waals surface area contributed by atoms with Gasteiger partial charge in [0.05, 0.1) is 11.0 Å². The number of halogens is 1. The zero-order valence-corrected chi connectivity index (χ0v) is 9.43. The molecule has 0 spiro atoms. The maximum atomic E-state index is 13.4. The SMILES string of the molecule is COC1CCN(c2cccc(F)c2[N+](=O)[O-])C1. The fraction of sp³-hybridized carbons (Fsp3) is 0.455. The molecule has 2 rings (SSSR count). The second-order valence-electron chi connectivity index (χ2n) is 3.96. The van der Waals surface area contributed by atoms with Crippen LogP contribution in [0.1, 0.15) is 6.42 Å². The van der Waals surface area contributed by atoms with Crippen LogP contribution in [0.3, 0.4) is 0 Å². The fourth-order valence-electron chi connectivity index (χ4n) is 2.08. The van der Waals surface area contributed by atoms with E-state index in [0.29, 0.717) is 18.8 Å². The maximum Gasteiger partial charge on any atom is 0.327 e. The first kappa shape index (κ1) is 11.8. The predicted octanol–water partition coefficient (Wildman–Crippen LogP) is 1.96. The molecule has 1 atom stereocenters. The van der Waals surface area contributed by atoms with E-state index in [9.17, 15) is 14.5 Å². The van der Waals surface area contributed by atoms with Gasteiger partial charge in [0, 0.05) is 20.2 Å². The van der Waals surface area contributed by atoms with Crippen LogP contribution >= 0.6 is 0 Å². The predicted molar refractivity (Wildman–Crippen MR) is 60.7 cm³/mol. The van der Waals surface area contributed by atoms with Crippen molar-refractivity contribution in [2.75, 3.05) is 25.1 Å². The van der Waals surface area contributed by atoms with Crippen molar-refractivity contribution in [3.8, 4) is 0 Å². The number of anilines is 1. The van der Waals surface area contributed by atoms with Crippen molar-refractivity contribution in [3.05, 3.63) is 34.1 Å². The Morgan fingerprint density at radius 2 is 2.35 bits per heavy atom. The van der Waals surface area contributed by atoms with Gasteiger partial charge in [-0.05, 0) is 18.6 Å². The molecule has 0 bridgehead atoms. The van der Waals surface area contributed by atoms with Gasteiger partial charge in [0.1, 0.15) is 5.69 Å². The van der Waals surface area contributed by atoms with Gasteiger partial charge in [-0.25, -0.2) is 0 Å². The zero-order chi connectivity index (χ0) is 12.4. The number of para-hydroxylation sites is 1. The summed E-state index contributed by atoms with van der Waals surface area (Å²) in [6, 6.07) is 4.16. The van der Waals surface area contributed by atoms with Crippen molar-refractivity contribution < 1.29 is 14.1 Å². The molecule has 1 heterocycles. The van der Waals surface area contributed by atoms with Crippen molar-refractivity contribution in [1.82, 2.24) is 0 Å². The van der Waals surface area contributed by atoms with Crippen LogP contribution in [0.4, 0.5) is 15.8 Å². The molecule has 6 heteroatoms. The maximum absolute atomic E-state index is 13.4. The van der Waals surface area contributed by atoms with E-state index in [-0.39, 0.29) is 6.10 Å². The van der Waals surface area contributed by atoms with Crippen LogP contribution in [0.2, 0.25) is 0 Å². The van der Waals surface area contributed by atoms with Gasteiger partial charge in [0.15, 0.2) is 0 Å². The number of nitro benzene ring substituents is 1. The third kappa shape index (κ3) is 2.21. The summed E-state index contributed by atoms with van der Waals surface area (Å²) in [6.07, 6.45) is 0.849. The van der Waals surface area contributed by atoms with Crippen LogP contribution in [0.15, 0.2) is 18.2 Å². The summed E-state index contributed by atoms with van der Waals surface area (Å²) >= 11 is 0. The molecule has 0 aromatic heterocycles. The van der Waals surface area contributed by atoms with E-state index in [1.54, 1.807) is 18.1 Å². The highest BCUT2D eigenvalue weighted by Gasteiger charge is 2.29. The van der Waals surface area contributed by atoms with Crippen molar-refractivity contribution in [2.45, 2.75) is 12.5 Å². The monoisotopic (exact) mass is 240 g/mol. The average molecular weight is 240 g/mol. The molecule has 1 aromatic carbocycles.